The van der Waals surface area contributed by atoms with Gasteiger partial charge in [0.2, 0.25) is 11.8 Å². The SMILES string of the molecule is CCC(C(=O)NC1CCCCC1)N(Cc1ccc(Cl)cc1Cl)C(=O)CN(c1cc(C)cc(C)c1)S(=O)(=O)c1ccc(C)cc1. The Morgan fingerprint density at radius 2 is 1.52 bits per heavy atom. The molecule has 0 heterocycles. The van der Waals surface area contributed by atoms with E-state index in [1.807, 2.05) is 33.8 Å². The third kappa shape index (κ3) is 8.34. The number of nitrogens with zero attached hydrogens (tertiary/aromatic N) is 2. The van der Waals surface area contributed by atoms with Crippen molar-refractivity contribution >= 4 is 50.7 Å². The summed E-state index contributed by atoms with van der Waals surface area (Å²) in [6, 6.07) is 16.2. The fourth-order valence-electron chi connectivity index (χ4n) is 5.76. The Balaban J connectivity index is 1.75. The van der Waals surface area contributed by atoms with E-state index in [9.17, 15) is 18.0 Å². The Labute approximate surface area is 271 Å². The molecule has 236 valence electrons. The van der Waals surface area contributed by atoms with Crippen molar-refractivity contribution in [3.05, 3.63) is 93.0 Å². The summed E-state index contributed by atoms with van der Waals surface area (Å²) in [5, 5.41) is 3.96. The highest BCUT2D eigenvalue weighted by molar-refractivity contribution is 7.92. The van der Waals surface area contributed by atoms with Gasteiger partial charge in [-0.2, -0.15) is 0 Å². The number of nitrogens with one attached hydrogen (secondary N) is 1. The minimum atomic E-state index is -4.15. The van der Waals surface area contributed by atoms with Gasteiger partial charge in [-0.3, -0.25) is 13.9 Å². The van der Waals surface area contributed by atoms with Crippen molar-refractivity contribution in [3.63, 3.8) is 0 Å². The summed E-state index contributed by atoms with van der Waals surface area (Å²) in [7, 11) is -4.15. The summed E-state index contributed by atoms with van der Waals surface area (Å²) >= 11 is 12.7. The van der Waals surface area contributed by atoms with Gasteiger partial charge in [0.15, 0.2) is 0 Å². The first-order chi connectivity index (χ1) is 20.9. The van der Waals surface area contributed by atoms with Gasteiger partial charge in [-0.25, -0.2) is 8.42 Å². The molecule has 2 amide bonds. The van der Waals surface area contributed by atoms with E-state index >= 15 is 0 Å². The highest BCUT2D eigenvalue weighted by atomic mass is 35.5. The van der Waals surface area contributed by atoms with E-state index in [0.717, 1.165) is 53.1 Å². The molecule has 0 aliphatic heterocycles. The second kappa shape index (κ2) is 14.8. The Morgan fingerprint density at radius 1 is 0.886 bits per heavy atom. The molecule has 0 aromatic heterocycles. The van der Waals surface area contributed by atoms with Gasteiger partial charge < -0.3 is 10.2 Å². The molecule has 1 N–H and O–H groups in total. The van der Waals surface area contributed by atoms with Crippen LogP contribution < -0.4 is 9.62 Å². The van der Waals surface area contributed by atoms with Crippen molar-refractivity contribution in [1.29, 1.82) is 0 Å². The largest absolute Gasteiger partial charge is 0.352 e. The monoisotopic (exact) mass is 657 g/mol. The zero-order chi connectivity index (χ0) is 32.0. The Kier molecular flexibility index (Phi) is 11.4. The van der Waals surface area contributed by atoms with Crippen LogP contribution in [-0.4, -0.2) is 43.8 Å². The molecule has 1 fully saturated rings. The Morgan fingerprint density at radius 3 is 2.11 bits per heavy atom. The van der Waals surface area contributed by atoms with Crippen LogP contribution in [0.3, 0.4) is 0 Å². The molecular weight excluding hydrogens is 617 g/mol. The minimum absolute atomic E-state index is 0.0106. The second-order valence-electron chi connectivity index (χ2n) is 11.7. The van der Waals surface area contributed by atoms with Crippen LogP contribution in [-0.2, 0) is 26.2 Å². The lowest BCUT2D eigenvalue weighted by Crippen LogP contribution is -2.54. The summed E-state index contributed by atoms with van der Waals surface area (Å²) in [5.41, 5.74) is 3.62. The molecule has 7 nitrogen and oxygen atoms in total. The topological polar surface area (TPSA) is 86.8 Å². The molecule has 1 aliphatic rings. The number of carbonyl (C=O) groups is 2. The minimum Gasteiger partial charge on any atom is -0.352 e. The normalized spacial score (nSPS) is 14.6. The zero-order valence-corrected chi connectivity index (χ0v) is 28.1. The summed E-state index contributed by atoms with van der Waals surface area (Å²) in [4.78, 5) is 29.6. The van der Waals surface area contributed by atoms with E-state index in [0.29, 0.717) is 27.7 Å². The van der Waals surface area contributed by atoms with E-state index in [2.05, 4.69) is 5.32 Å². The summed E-state index contributed by atoms with van der Waals surface area (Å²) in [6.45, 7) is 7.00. The van der Waals surface area contributed by atoms with Crippen molar-refractivity contribution < 1.29 is 18.0 Å². The standard InChI is InChI=1S/C34H41Cl2N3O4S/c1-5-32(34(41)37-28-9-7-6-8-10-28)38(21-26-13-14-27(35)20-31(26)36)33(40)22-39(29-18-24(3)17-25(4)19-29)44(42,43)30-15-11-23(2)12-16-30/h11-20,28,32H,5-10,21-22H2,1-4H3,(H,37,41). The molecule has 0 bridgehead atoms. The molecule has 1 unspecified atom stereocenters. The van der Waals surface area contributed by atoms with Crippen LogP contribution in [0, 0.1) is 20.8 Å². The van der Waals surface area contributed by atoms with Gasteiger partial charge in [-0.1, -0.05) is 79.2 Å². The number of sulfonamides is 1. The fraction of sp³-hybridized carbons (Fsp3) is 0.412. The molecule has 1 saturated carbocycles. The van der Waals surface area contributed by atoms with Crippen molar-refractivity contribution in [2.45, 2.75) is 89.7 Å². The lowest BCUT2D eigenvalue weighted by atomic mass is 9.95. The van der Waals surface area contributed by atoms with Crippen LogP contribution in [0.15, 0.2) is 65.6 Å². The second-order valence-corrected chi connectivity index (χ2v) is 14.4. The maximum Gasteiger partial charge on any atom is 0.264 e. The Bertz CT molecular complexity index is 1570. The number of benzene rings is 3. The average molecular weight is 659 g/mol. The van der Waals surface area contributed by atoms with Crippen LogP contribution in [0.4, 0.5) is 5.69 Å². The lowest BCUT2D eigenvalue weighted by molar-refractivity contribution is -0.140. The maximum atomic E-state index is 14.4. The van der Waals surface area contributed by atoms with E-state index in [-0.39, 0.29) is 23.4 Å². The van der Waals surface area contributed by atoms with E-state index in [4.69, 9.17) is 23.2 Å². The van der Waals surface area contributed by atoms with Gasteiger partial charge in [-0.05, 0) is 93.1 Å². The van der Waals surface area contributed by atoms with Crippen LogP contribution >= 0.6 is 23.2 Å². The van der Waals surface area contributed by atoms with Gasteiger partial charge in [-0.15, -0.1) is 0 Å². The molecule has 4 rings (SSSR count). The number of aryl methyl sites for hydroxylation is 3. The number of hydrogen-bond acceptors (Lipinski definition) is 4. The molecule has 3 aromatic rings. The van der Waals surface area contributed by atoms with Crippen molar-refractivity contribution in [3.8, 4) is 0 Å². The quantitative estimate of drug-likeness (QED) is 0.233. The first-order valence-electron chi connectivity index (χ1n) is 15.1. The summed E-state index contributed by atoms with van der Waals surface area (Å²) in [5.74, 6) is -0.770. The van der Waals surface area contributed by atoms with Crippen molar-refractivity contribution in [1.82, 2.24) is 10.2 Å². The molecule has 44 heavy (non-hydrogen) atoms. The average Bonchev–Trinajstić information content (AvgIpc) is 2.97. The number of halogens is 2. The molecule has 0 saturated heterocycles. The van der Waals surface area contributed by atoms with Gasteiger partial charge in [0.1, 0.15) is 12.6 Å². The fourth-order valence-corrected chi connectivity index (χ4v) is 7.62. The smallest absolute Gasteiger partial charge is 0.264 e. The molecule has 1 aliphatic carbocycles. The molecular formula is C34H41Cl2N3O4S. The lowest BCUT2D eigenvalue weighted by Gasteiger charge is -2.34. The number of amides is 2. The number of rotatable bonds is 11. The summed E-state index contributed by atoms with van der Waals surface area (Å²) < 4.78 is 29.4. The maximum absolute atomic E-state index is 14.4. The number of carbonyl (C=O) groups excluding carboxylic acids is 2. The van der Waals surface area contributed by atoms with Crippen LogP contribution in [0.1, 0.15) is 67.7 Å². The first kappa shape index (κ1) is 33.8. The van der Waals surface area contributed by atoms with Gasteiger partial charge >= 0.3 is 0 Å². The van der Waals surface area contributed by atoms with E-state index in [1.165, 1.54) is 4.90 Å². The molecule has 10 heteroatoms. The predicted octanol–water partition coefficient (Wildman–Crippen LogP) is 7.37. The molecule has 1 atom stereocenters. The van der Waals surface area contributed by atoms with Gasteiger partial charge in [0.25, 0.3) is 10.0 Å². The van der Waals surface area contributed by atoms with E-state index < -0.39 is 28.5 Å². The van der Waals surface area contributed by atoms with E-state index in [1.54, 1.807) is 54.6 Å². The number of anilines is 1. The van der Waals surface area contributed by atoms with Crippen LogP contribution in [0.25, 0.3) is 0 Å². The van der Waals surface area contributed by atoms with Crippen molar-refractivity contribution in [2.24, 2.45) is 0 Å². The summed E-state index contributed by atoms with van der Waals surface area (Å²) in [6.07, 6.45) is 5.37. The zero-order valence-electron chi connectivity index (χ0n) is 25.8. The Hall–Kier alpha value is -3.07. The predicted molar refractivity (Wildman–Crippen MR) is 178 cm³/mol. The highest BCUT2D eigenvalue weighted by Gasteiger charge is 2.35. The van der Waals surface area contributed by atoms with Gasteiger partial charge in [0.05, 0.1) is 10.6 Å². The van der Waals surface area contributed by atoms with Crippen LogP contribution in [0.2, 0.25) is 10.0 Å². The number of hydrogen-bond donors (Lipinski definition) is 1. The third-order valence-corrected chi connectivity index (χ3v) is 10.5. The first-order valence-corrected chi connectivity index (χ1v) is 17.3. The van der Waals surface area contributed by atoms with Crippen LogP contribution in [0.5, 0.6) is 0 Å². The van der Waals surface area contributed by atoms with Gasteiger partial charge in [0, 0.05) is 22.6 Å². The molecule has 3 aromatic carbocycles. The third-order valence-electron chi connectivity index (χ3n) is 8.08. The highest BCUT2D eigenvalue weighted by Crippen LogP contribution is 2.29. The molecule has 0 radical (unpaired) electrons. The van der Waals surface area contributed by atoms with Crippen molar-refractivity contribution in [2.75, 3.05) is 10.8 Å². The molecule has 0 spiro atoms.